The molecule has 2 saturated heterocycles. The Morgan fingerprint density at radius 2 is 1.58 bits per heavy atom. The summed E-state index contributed by atoms with van der Waals surface area (Å²) in [6.07, 6.45) is 6.65. The first-order chi connectivity index (χ1) is 12.6. The number of rotatable bonds is 5. The molecule has 2 aromatic rings. The van der Waals surface area contributed by atoms with E-state index in [1.165, 1.54) is 0 Å². The number of aromatic nitrogens is 1. The maximum Gasteiger partial charge on any atom is 0.243 e. The summed E-state index contributed by atoms with van der Waals surface area (Å²) in [7, 11) is -1.94. The first-order valence-corrected chi connectivity index (χ1v) is 10.3. The van der Waals surface area contributed by atoms with Crippen molar-refractivity contribution in [1.82, 2.24) is 9.29 Å². The van der Waals surface area contributed by atoms with Crippen LogP contribution in [0.1, 0.15) is 25.7 Å². The Bertz CT molecular complexity index is 841. The maximum atomic E-state index is 13.1. The fraction of sp³-hybridized carbons (Fsp3) is 0.421. The van der Waals surface area contributed by atoms with Crippen LogP contribution in [0, 0.1) is 0 Å². The molecule has 2 aliphatic rings. The third kappa shape index (κ3) is 3.17. The average Bonchev–Trinajstić information content (AvgIpc) is 2.95. The highest BCUT2D eigenvalue weighted by Crippen LogP contribution is 2.41. The van der Waals surface area contributed by atoms with E-state index in [9.17, 15) is 8.42 Å². The SMILES string of the molecule is COc1ccc(S(=O)(=O)N2C3CCC2CC(Oc2ccncc2)C3)cc1. The van der Waals surface area contributed by atoms with Gasteiger partial charge in [0.25, 0.3) is 0 Å². The fourth-order valence-corrected chi connectivity index (χ4v) is 5.94. The van der Waals surface area contributed by atoms with E-state index in [1.807, 2.05) is 12.1 Å². The van der Waals surface area contributed by atoms with E-state index in [0.717, 1.165) is 18.6 Å². The van der Waals surface area contributed by atoms with Gasteiger partial charge in [-0.3, -0.25) is 4.98 Å². The Morgan fingerprint density at radius 1 is 0.962 bits per heavy atom. The third-order valence-electron chi connectivity index (χ3n) is 5.21. The first-order valence-electron chi connectivity index (χ1n) is 8.82. The van der Waals surface area contributed by atoms with Gasteiger partial charge in [0.2, 0.25) is 10.0 Å². The molecule has 0 spiro atoms. The highest BCUT2D eigenvalue weighted by atomic mass is 32.2. The number of nitrogens with zero attached hydrogens (tertiary/aromatic N) is 2. The lowest BCUT2D eigenvalue weighted by Crippen LogP contribution is -2.49. The number of hydrogen-bond donors (Lipinski definition) is 0. The average molecular weight is 374 g/mol. The normalized spacial score (nSPS) is 25.8. The molecule has 1 aromatic heterocycles. The molecular weight excluding hydrogens is 352 g/mol. The van der Waals surface area contributed by atoms with Gasteiger partial charge in [0.1, 0.15) is 17.6 Å². The Labute approximate surface area is 153 Å². The summed E-state index contributed by atoms with van der Waals surface area (Å²) in [5.74, 6) is 1.44. The monoisotopic (exact) mass is 374 g/mol. The fourth-order valence-electron chi connectivity index (χ4n) is 4.05. The van der Waals surface area contributed by atoms with Gasteiger partial charge in [0, 0.05) is 37.3 Å². The van der Waals surface area contributed by atoms with Crippen molar-refractivity contribution in [2.24, 2.45) is 0 Å². The van der Waals surface area contributed by atoms with Crippen LogP contribution < -0.4 is 9.47 Å². The summed E-state index contributed by atoms with van der Waals surface area (Å²) < 4.78 is 39.2. The molecule has 26 heavy (non-hydrogen) atoms. The van der Waals surface area contributed by atoms with Crippen molar-refractivity contribution in [1.29, 1.82) is 0 Å². The van der Waals surface area contributed by atoms with Gasteiger partial charge in [-0.05, 0) is 49.2 Å². The number of pyridine rings is 1. The summed E-state index contributed by atoms with van der Waals surface area (Å²) in [5, 5.41) is 0. The van der Waals surface area contributed by atoms with Crippen LogP contribution >= 0.6 is 0 Å². The first kappa shape index (κ1) is 17.3. The van der Waals surface area contributed by atoms with Crippen molar-refractivity contribution in [3.05, 3.63) is 48.8 Å². The zero-order valence-corrected chi connectivity index (χ0v) is 15.4. The molecule has 1 aromatic carbocycles. The topological polar surface area (TPSA) is 68.7 Å². The summed E-state index contributed by atoms with van der Waals surface area (Å²) in [5.41, 5.74) is 0. The molecule has 0 aliphatic carbocycles. The molecule has 0 amide bonds. The Morgan fingerprint density at radius 3 is 2.15 bits per heavy atom. The van der Waals surface area contributed by atoms with Gasteiger partial charge in [-0.2, -0.15) is 4.31 Å². The summed E-state index contributed by atoms with van der Waals surface area (Å²) in [4.78, 5) is 4.32. The Balaban J connectivity index is 1.52. The molecule has 7 heteroatoms. The van der Waals surface area contributed by atoms with E-state index in [0.29, 0.717) is 23.5 Å². The molecule has 3 heterocycles. The highest BCUT2D eigenvalue weighted by Gasteiger charge is 2.47. The van der Waals surface area contributed by atoms with Crippen LogP contribution in [-0.2, 0) is 10.0 Å². The van der Waals surface area contributed by atoms with E-state index < -0.39 is 10.0 Å². The van der Waals surface area contributed by atoms with Gasteiger partial charge in [0.15, 0.2) is 0 Å². The lowest BCUT2D eigenvalue weighted by molar-refractivity contribution is 0.0956. The van der Waals surface area contributed by atoms with Gasteiger partial charge < -0.3 is 9.47 Å². The molecule has 0 N–H and O–H groups in total. The largest absolute Gasteiger partial charge is 0.497 e. The number of piperidine rings is 1. The summed E-state index contributed by atoms with van der Waals surface area (Å²) >= 11 is 0. The van der Waals surface area contributed by atoms with Crippen LogP contribution in [-0.4, -0.2) is 43.0 Å². The zero-order chi connectivity index (χ0) is 18.1. The summed E-state index contributed by atoms with van der Waals surface area (Å²) in [6.45, 7) is 0. The predicted molar refractivity (Wildman–Crippen MR) is 96.7 cm³/mol. The molecule has 138 valence electrons. The van der Waals surface area contributed by atoms with Gasteiger partial charge in [-0.15, -0.1) is 0 Å². The molecule has 2 atom stereocenters. The molecule has 6 nitrogen and oxygen atoms in total. The van der Waals surface area contributed by atoms with E-state index in [2.05, 4.69) is 4.98 Å². The van der Waals surface area contributed by atoms with Crippen molar-refractivity contribution in [3.63, 3.8) is 0 Å². The second-order valence-corrected chi connectivity index (χ2v) is 8.63. The van der Waals surface area contributed by atoms with Crippen LogP contribution in [0.25, 0.3) is 0 Å². The molecular formula is C19H22N2O4S. The van der Waals surface area contributed by atoms with Crippen LogP contribution in [0.2, 0.25) is 0 Å². The number of sulfonamides is 1. The predicted octanol–water partition coefficient (Wildman–Crippen LogP) is 2.85. The van der Waals surface area contributed by atoms with E-state index in [1.54, 1.807) is 48.1 Å². The van der Waals surface area contributed by atoms with Crippen molar-refractivity contribution in [3.8, 4) is 11.5 Å². The van der Waals surface area contributed by atoms with Crippen molar-refractivity contribution >= 4 is 10.0 Å². The van der Waals surface area contributed by atoms with Crippen LogP contribution in [0.4, 0.5) is 0 Å². The minimum atomic E-state index is -3.51. The zero-order valence-electron chi connectivity index (χ0n) is 14.6. The quantitative estimate of drug-likeness (QED) is 0.805. The number of hydrogen-bond acceptors (Lipinski definition) is 5. The number of methoxy groups -OCH3 is 1. The summed E-state index contributed by atoms with van der Waals surface area (Å²) in [6, 6.07) is 10.3. The van der Waals surface area contributed by atoms with Gasteiger partial charge in [-0.25, -0.2) is 8.42 Å². The van der Waals surface area contributed by atoms with Crippen LogP contribution in [0.15, 0.2) is 53.7 Å². The molecule has 2 aliphatic heterocycles. The third-order valence-corrected chi connectivity index (χ3v) is 7.23. The highest BCUT2D eigenvalue weighted by molar-refractivity contribution is 7.89. The molecule has 0 radical (unpaired) electrons. The lowest BCUT2D eigenvalue weighted by Gasteiger charge is -2.37. The maximum absolute atomic E-state index is 13.1. The molecule has 0 saturated carbocycles. The van der Waals surface area contributed by atoms with Crippen molar-refractivity contribution in [2.45, 2.75) is 48.8 Å². The second-order valence-electron chi connectivity index (χ2n) is 6.79. The van der Waals surface area contributed by atoms with Crippen molar-refractivity contribution < 1.29 is 17.9 Å². The van der Waals surface area contributed by atoms with Gasteiger partial charge in [0.05, 0.1) is 12.0 Å². The van der Waals surface area contributed by atoms with Crippen LogP contribution in [0.5, 0.6) is 11.5 Å². The second kappa shape index (κ2) is 6.89. The standard InChI is InChI=1S/C19H22N2O4S/c1-24-16-4-6-19(7-5-16)26(22,23)21-14-2-3-15(21)13-18(12-14)25-17-8-10-20-11-9-17/h4-11,14-15,18H,2-3,12-13H2,1H3. The molecule has 2 fully saturated rings. The molecule has 2 unspecified atom stereocenters. The minimum Gasteiger partial charge on any atom is -0.497 e. The Hall–Kier alpha value is -2.12. The van der Waals surface area contributed by atoms with Gasteiger partial charge in [-0.1, -0.05) is 0 Å². The van der Waals surface area contributed by atoms with Crippen LogP contribution in [0.3, 0.4) is 0 Å². The number of benzene rings is 1. The smallest absolute Gasteiger partial charge is 0.243 e. The lowest BCUT2D eigenvalue weighted by atomic mass is 10.0. The van der Waals surface area contributed by atoms with E-state index >= 15 is 0 Å². The minimum absolute atomic E-state index is 0.00677. The van der Waals surface area contributed by atoms with Gasteiger partial charge >= 0.3 is 0 Å². The van der Waals surface area contributed by atoms with E-state index in [-0.39, 0.29) is 18.2 Å². The van der Waals surface area contributed by atoms with Crippen molar-refractivity contribution in [2.75, 3.05) is 7.11 Å². The van der Waals surface area contributed by atoms with E-state index in [4.69, 9.17) is 9.47 Å². The number of ether oxygens (including phenoxy) is 2. The molecule has 2 bridgehead atoms. The Kier molecular flexibility index (Phi) is 4.58. The molecule has 4 rings (SSSR count). The number of fused-ring (bicyclic) bond motifs is 2.